The van der Waals surface area contributed by atoms with Gasteiger partial charge in [0, 0.05) is 17.1 Å². The highest BCUT2D eigenvalue weighted by molar-refractivity contribution is 6.30. The van der Waals surface area contributed by atoms with E-state index in [2.05, 4.69) is 5.32 Å². The number of carbonyl (C=O) groups excluding carboxylic acids is 1. The molecule has 3 nitrogen and oxygen atoms in total. The van der Waals surface area contributed by atoms with Crippen LogP contribution < -0.4 is 5.32 Å². The number of nitrogens with one attached hydrogen (secondary N) is 1. The summed E-state index contributed by atoms with van der Waals surface area (Å²) >= 11 is 5.86. The molecule has 0 spiro atoms. The van der Waals surface area contributed by atoms with Gasteiger partial charge in [-0.15, -0.1) is 0 Å². The van der Waals surface area contributed by atoms with E-state index < -0.39 is 0 Å². The number of ether oxygens (including phenoxy) is 1. The molecule has 15 heavy (non-hydrogen) atoms. The molecule has 4 heteroatoms. The predicted octanol–water partition coefficient (Wildman–Crippen LogP) is 2.24. The van der Waals surface area contributed by atoms with E-state index in [1.165, 1.54) is 0 Å². The molecule has 1 aromatic rings. The topological polar surface area (TPSA) is 38.3 Å². The number of esters is 1. The summed E-state index contributed by atoms with van der Waals surface area (Å²) in [6.07, 6.45) is 0.672. The zero-order valence-electron chi connectivity index (χ0n) is 8.42. The lowest BCUT2D eigenvalue weighted by Gasteiger charge is -2.09. The van der Waals surface area contributed by atoms with Crippen LogP contribution in [0.15, 0.2) is 18.2 Å². The number of rotatable bonds is 2. The number of anilines is 1. The fourth-order valence-electron chi connectivity index (χ4n) is 1.70. The molecule has 1 heterocycles. The van der Waals surface area contributed by atoms with Crippen molar-refractivity contribution < 1.29 is 9.53 Å². The van der Waals surface area contributed by atoms with E-state index in [1.807, 2.05) is 18.2 Å². The van der Waals surface area contributed by atoms with Crippen molar-refractivity contribution in [2.24, 2.45) is 0 Å². The molecule has 0 saturated carbocycles. The molecule has 0 saturated heterocycles. The minimum atomic E-state index is -0.265. The lowest BCUT2D eigenvalue weighted by Crippen LogP contribution is -2.28. The van der Waals surface area contributed by atoms with E-state index in [0.717, 1.165) is 11.3 Å². The highest BCUT2D eigenvalue weighted by atomic mass is 35.5. The monoisotopic (exact) mass is 225 g/mol. The molecule has 1 N–H and O–H groups in total. The maximum atomic E-state index is 11.5. The summed E-state index contributed by atoms with van der Waals surface area (Å²) in [4.78, 5) is 11.5. The highest BCUT2D eigenvalue weighted by Gasteiger charge is 2.27. The van der Waals surface area contributed by atoms with E-state index in [9.17, 15) is 4.79 Å². The van der Waals surface area contributed by atoms with E-state index in [0.29, 0.717) is 18.1 Å². The minimum absolute atomic E-state index is 0.204. The predicted molar refractivity (Wildman–Crippen MR) is 59.2 cm³/mol. The van der Waals surface area contributed by atoms with Gasteiger partial charge in [-0.05, 0) is 24.6 Å². The van der Waals surface area contributed by atoms with Crippen LogP contribution in [0, 0.1) is 0 Å². The first kappa shape index (κ1) is 10.3. The molecular weight excluding hydrogens is 214 g/mol. The fourth-order valence-corrected chi connectivity index (χ4v) is 1.88. The number of hydrogen-bond donors (Lipinski definition) is 1. The molecule has 2 rings (SSSR count). The summed E-state index contributed by atoms with van der Waals surface area (Å²) in [5.41, 5.74) is 2.04. The lowest BCUT2D eigenvalue weighted by molar-refractivity contribution is -0.143. The fraction of sp³-hybridized carbons (Fsp3) is 0.364. The van der Waals surface area contributed by atoms with Gasteiger partial charge in [0.25, 0.3) is 0 Å². The van der Waals surface area contributed by atoms with Crippen molar-refractivity contribution in [1.82, 2.24) is 0 Å². The van der Waals surface area contributed by atoms with Crippen molar-refractivity contribution in [3.8, 4) is 0 Å². The van der Waals surface area contributed by atoms with E-state index in [-0.39, 0.29) is 12.0 Å². The van der Waals surface area contributed by atoms with Crippen LogP contribution in [-0.4, -0.2) is 18.6 Å². The molecular formula is C11H12ClNO2. The molecule has 1 unspecified atom stereocenters. The Labute approximate surface area is 93.4 Å². The molecule has 0 fully saturated rings. The highest BCUT2D eigenvalue weighted by Crippen LogP contribution is 2.28. The number of hydrogen-bond acceptors (Lipinski definition) is 3. The zero-order valence-corrected chi connectivity index (χ0v) is 9.17. The number of carbonyl (C=O) groups is 1. The van der Waals surface area contributed by atoms with Gasteiger partial charge in [0.05, 0.1) is 6.61 Å². The second kappa shape index (κ2) is 4.11. The Balaban J connectivity index is 2.12. The second-order valence-corrected chi connectivity index (χ2v) is 3.89. The first-order chi connectivity index (χ1) is 7.20. The molecule has 0 bridgehead atoms. The van der Waals surface area contributed by atoms with Gasteiger partial charge in [0.1, 0.15) is 6.04 Å². The summed E-state index contributed by atoms with van der Waals surface area (Å²) in [7, 11) is 0. The van der Waals surface area contributed by atoms with E-state index in [1.54, 1.807) is 6.92 Å². The normalized spacial score (nSPS) is 18.1. The van der Waals surface area contributed by atoms with Gasteiger partial charge in [-0.1, -0.05) is 17.7 Å². The van der Waals surface area contributed by atoms with Gasteiger partial charge in [-0.2, -0.15) is 0 Å². The minimum Gasteiger partial charge on any atom is -0.464 e. The third-order valence-electron chi connectivity index (χ3n) is 2.40. The summed E-state index contributed by atoms with van der Waals surface area (Å²) in [5.74, 6) is -0.204. The third kappa shape index (κ3) is 2.07. The third-order valence-corrected chi connectivity index (χ3v) is 2.63. The Bertz CT molecular complexity index is 392. The van der Waals surface area contributed by atoms with Crippen LogP contribution in [0.5, 0.6) is 0 Å². The summed E-state index contributed by atoms with van der Waals surface area (Å²) in [5, 5.41) is 3.77. The first-order valence-corrected chi connectivity index (χ1v) is 5.30. The van der Waals surface area contributed by atoms with Crippen molar-refractivity contribution in [3.63, 3.8) is 0 Å². The zero-order chi connectivity index (χ0) is 10.8. The molecule has 1 aromatic carbocycles. The van der Waals surface area contributed by atoms with Gasteiger partial charge in [-0.25, -0.2) is 4.79 Å². The average Bonchev–Trinajstić information content (AvgIpc) is 2.60. The Morgan fingerprint density at radius 3 is 3.20 bits per heavy atom. The van der Waals surface area contributed by atoms with Crippen LogP contribution in [0.1, 0.15) is 12.5 Å². The Hall–Kier alpha value is -1.22. The van der Waals surface area contributed by atoms with Crippen LogP contribution in [0.3, 0.4) is 0 Å². The summed E-state index contributed by atoms with van der Waals surface area (Å²) in [6.45, 7) is 2.21. The molecule has 0 aliphatic carbocycles. The van der Waals surface area contributed by atoms with Crippen LogP contribution in [0.2, 0.25) is 5.02 Å². The molecule has 0 radical (unpaired) electrons. The maximum absolute atomic E-state index is 11.5. The quantitative estimate of drug-likeness (QED) is 0.785. The SMILES string of the molecule is CCOC(=O)C1Cc2ccc(Cl)cc2N1. The van der Waals surface area contributed by atoms with Crippen molar-refractivity contribution >= 4 is 23.3 Å². The van der Waals surface area contributed by atoms with Gasteiger partial charge < -0.3 is 10.1 Å². The van der Waals surface area contributed by atoms with Crippen molar-refractivity contribution in [2.75, 3.05) is 11.9 Å². The van der Waals surface area contributed by atoms with Gasteiger partial charge in [-0.3, -0.25) is 0 Å². The van der Waals surface area contributed by atoms with Crippen LogP contribution in [0.4, 0.5) is 5.69 Å². The molecule has 0 amide bonds. The van der Waals surface area contributed by atoms with Crippen LogP contribution in [0.25, 0.3) is 0 Å². The summed E-state index contributed by atoms with van der Waals surface area (Å²) < 4.78 is 4.95. The Kier molecular flexibility index (Phi) is 2.82. The lowest BCUT2D eigenvalue weighted by atomic mass is 10.1. The smallest absolute Gasteiger partial charge is 0.328 e. The van der Waals surface area contributed by atoms with Crippen LogP contribution in [-0.2, 0) is 16.0 Å². The van der Waals surface area contributed by atoms with E-state index >= 15 is 0 Å². The first-order valence-electron chi connectivity index (χ1n) is 4.92. The number of fused-ring (bicyclic) bond motifs is 1. The van der Waals surface area contributed by atoms with Crippen molar-refractivity contribution in [2.45, 2.75) is 19.4 Å². The standard InChI is InChI=1S/C11H12ClNO2/c1-2-15-11(14)10-5-7-3-4-8(12)6-9(7)13-10/h3-4,6,10,13H,2,5H2,1H3. The largest absolute Gasteiger partial charge is 0.464 e. The average molecular weight is 226 g/mol. The van der Waals surface area contributed by atoms with E-state index in [4.69, 9.17) is 16.3 Å². The maximum Gasteiger partial charge on any atom is 0.328 e. The van der Waals surface area contributed by atoms with Crippen molar-refractivity contribution in [3.05, 3.63) is 28.8 Å². The van der Waals surface area contributed by atoms with Gasteiger partial charge in [0.15, 0.2) is 0 Å². The van der Waals surface area contributed by atoms with Gasteiger partial charge >= 0.3 is 5.97 Å². The molecule has 0 aromatic heterocycles. The van der Waals surface area contributed by atoms with Crippen LogP contribution >= 0.6 is 11.6 Å². The molecule has 1 aliphatic heterocycles. The molecule has 80 valence electrons. The summed E-state index contributed by atoms with van der Waals surface area (Å²) in [6, 6.07) is 5.33. The molecule has 1 atom stereocenters. The second-order valence-electron chi connectivity index (χ2n) is 3.45. The Morgan fingerprint density at radius 1 is 1.67 bits per heavy atom. The van der Waals surface area contributed by atoms with Gasteiger partial charge in [0.2, 0.25) is 0 Å². The Morgan fingerprint density at radius 2 is 2.47 bits per heavy atom. The number of halogens is 1. The van der Waals surface area contributed by atoms with Crippen molar-refractivity contribution in [1.29, 1.82) is 0 Å². The molecule has 1 aliphatic rings. The number of benzene rings is 1.